The molecule has 9 nitrogen and oxygen atoms in total. The van der Waals surface area contributed by atoms with Gasteiger partial charge in [0.25, 0.3) is 0 Å². The maximum absolute atomic E-state index is 5.98. The molecule has 1 aromatic heterocycles. The SMILES string of the molecule is COc1cc(C=NN=C(N)c2nonc2N)cc(Br)c1OCc1ccccc1C. The molecule has 4 N–H and O–H groups in total. The van der Waals surface area contributed by atoms with Gasteiger partial charge in [0.1, 0.15) is 6.61 Å². The minimum Gasteiger partial charge on any atom is -0.493 e. The molecule has 0 amide bonds. The lowest BCUT2D eigenvalue weighted by Crippen LogP contribution is -2.15. The van der Waals surface area contributed by atoms with E-state index < -0.39 is 0 Å². The van der Waals surface area contributed by atoms with E-state index in [1.807, 2.05) is 37.3 Å². The predicted molar refractivity (Wildman–Crippen MR) is 113 cm³/mol. The number of amidine groups is 1. The molecule has 0 bridgehead atoms. The third-order valence-electron chi connectivity index (χ3n) is 4.01. The molecule has 150 valence electrons. The number of ether oxygens (including phenoxy) is 2. The zero-order chi connectivity index (χ0) is 20.8. The van der Waals surface area contributed by atoms with Crippen molar-refractivity contribution < 1.29 is 14.1 Å². The number of halogens is 1. The minimum atomic E-state index is -0.00999. The zero-order valence-electron chi connectivity index (χ0n) is 15.8. The Kier molecular flexibility index (Phi) is 6.45. The van der Waals surface area contributed by atoms with Gasteiger partial charge < -0.3 is 20.9 Å². The van der Waals surface area contributed by atoms with E-state index in [4.69, 9.17) is 20.9 Å². The summed E-state index contributed by atoms with van der Waals surface area (Å²) in [5.74, 6) is 1.18. The van der Waals surface area contributed by atoms with Crippen molar-refractivity contribution in [1.82, 2.24) is 10.3 Å². The number of aryl methyl sites for hydroxylation is 1. The monoisotopic (exact) mass is 458 g/mol. The molecule has 0 fully saturated rings. The van der Waals surface area contributed by atoms with E-state index in [0.717, 1.165) is 16.7 Å². The Bertz CT molecular complexity index is 1060. The Morgan fingerprint density at radius 2 is 2.07 bits per heavy atom. The van der Waals surface area contributed by atoms with Gasteiger partial charge in [-0.25, -0.2) is 4.63 Å². The zero-order valence-corrected chi connectivity index (χ0v) is 17.4. The maximum atomic E-state index is 5.98. The smallest absolute Gasteiger partial charge is 0.199 e. The number of nitrogens with two attached hydrogens (primary N) is 2. The molecule has 0 unspecified atom stereocenters. The Morgan fingerprint density at radius 3 is 2.76 bits per heavy atom. The van der Waals surface area contributed by atoms with Crippen LogP contribution in [0.4, 0.5) is 5.82 Å². The summed E-state index contributed by atoms with van der Waals surface area (Å²) in [6, 6.07) is 11.6. The number of nitrogen functional groups attached to an aromatic ring is 1. The Balaban J connectivity index is 1.77. The molecule has 0 aliphatic rings. The first-order chi connectivity index (χ1) is 14.0. The highest BCUT2D eigenvalue weighted by molar-refractivity contribution is 9.10. The average molecular weight is 459 g/mol. The van der Waals surface area contributed by atoms with Crippen LogP contribution in [0.25, 0.3) is 0 Å². The van der Waals surface area contributed by atoms with Crippen LogP contribution in [0, 0.1) is 6.92 Å². The van der Waals surface area contributed by atoms with Crippen molar-refractivity contribution in [1.29, 1.82) is 0 Å². The van der Waals surface area contributed by atoms with Gasteiger partial charge >= 0.3 is 0 Å². The van der Waals surface area contributed by atoms with Crippen molar-refractivity contribution in [3.05, 3.63) is 63.3 Å². The number of hydrogen-bond acceptors (Lipinski definition) is 8. The van der Waals surface area contributed by atoms with E-state index >= 15 is 0 Å². The molecule has 3 aromatic rings. The van der Waals surface area contributed by atoms with Crippen molar-refractivity contribution in [2.45, 2.75) is 13.5 Å². The van der Waals surface area contributed by atoms with Gasteiger partial charge in [-0.1, -0.05) is 24.3 Å². The summed E-state index contributed by atoms with van der Waals surface area (Å²) in [6.07, 6.45) is 1.51. The first-order valence-electron chi connectivity index (χ1n) is 8.49. The number of hydrogen-bond donors (Lipinski definition) is 2. The summed E-state index contributed by atoms with van der Waals surface area (Å²) in [4.78, 5) is 0. The van der Waals surface area contributed by atoms with Crippen LogP contribution in [0.15, 0.2) is 55.7 Å². The van der Waals surface area contributed by atoms with Gasteiger partial charge in [0.05, 0.1) is 17.8 Å². The standard InChI is InChI=1S/C19H19BrN6O3/c1-11-5-3-4-6-13(11)10-28-17-14(20)7-12(8-15(17)27-2)9-23-24-18(21)16-19(22)26-29-25-16/h3-9H,10H2,1-2H3,(H2,21,24)(H2,22,26). The lowest BCUT2D eigenvalue weighted by Gasteiger charge is -2.14. The van der Waals surface area contributed by atoms with Crippen molar-refractivity contribution in [2.24, 2.45) is 15.9 Å². The fourth-order valence-electron chi connectivity index (χ4n) is 2.45. The second-order valence-electron chi connectivity index (χ2n) is 5.98. The normalized spacial score (nSPS) is 11.8. The van der Waals surface area contributed by atoms with Gasteiger partial charge in [-0.2, -0.15) is 5.10 Å². The number of methoxy groups -OCH3 is 1. The molecule has 0 aliphatic carbocycles. The van der Waals surface area contributed by atoms with Gasteiger partial charge in [0.15, 0.2) is 28.8 Å². The van der Waals surface area contributed by atoms with E-state index in [2.05, 4.69) is 41.1 Å². The Morgan fingerprint density at radius 1 is 1.28 bits per heavy atom. The average Bonchev–Trinajstić information content (AvgIpc) is 3.14. The molecular weight excluding hydrogens is 440 g/mol. The van der Waals surface area contributed by atoms with Crippen molar-refractivity contribution >= 4 is 33.8 Å². The number of benzene rings is 2. The molecular formula is C19H19BrN6O3. The van der Waals surface area contributed by atoms with Gasteiger partial charge in [-0.05, 0) is 62.0 Å². The summed E-state index contributed by atoms with van der Waals surface area (Å²) < 4.78 is 16.6. The summed E-state index contributed by atoms with van der Waals surface area (Å²) in [5, 5.41) is 14.8. The second kappa shape index (κ2) is 9.20. The fraction of sp³-hybridized carbons (Fsp3) is 0.158. The minimum absolute atomic E-state index is 0.00999. The van der Waals surface area contributed by atoms with Crippen molar-refractivity contribution in [3.63, 3.8) is 0 Å². The highest BCUT2D eigenvalue weighted by atomic mass is 79.9. The van der Waals surface area contributed by atoms with Crippen LogP contribution >= 0.6 is 15.9 Å². The van der Waals surface area contributed by atoms with Crippen molar-refractivity contribution in [3.8, 4) is 11.5 Å². The lowest BCUT2D eigenvalue weighted by molar-refractivity contribution is 0.282. The molecule has 0 spiro atoms. The van der Waals surface area contributed by atoms with Crippen LogP contribution < -0.4 is 20.9 Å². The van der Waals surface area contributed by atoms with Crippen molar-refractivity contribution in [2.75, 3.05) is 12.8 Å². The number of aromatic nitrogens is 2. The lowest BCUT2D eigenvalue weighted by atomic mass is 10.1. The van der Waals surface area contributed by atoms with Gasteiger partial charge in [0, 0.05) is 0 Å². The quantitative estimate of drug-likeness (QED) is 0.315. The number of nitrogens with zero attached hydrogens (tertiary/aromatic N) is 4. The Hall–Kier alpha value is -3.40. The summed E-state index contributed by atoms with van der Waals surface area (Å²) >= 11 is 3.52. The van der Waals surface area contributed by atoms with Crippen LogP contribution in [0.1, 0.15) is 22.4 Å². The van der Waals surface area contributed by atoms with Gasteiger partial charge in [-0.15, -0.1) is 5.10 Å². The molecule has 0 aliphatic heterocycles. The van der Waals surface area contributed by atoms with Crippen LogP contribution in [0.5, 0.6) is 11.5 Å². The fourth-order valence-corrected chi connectivity index (χ4v) is 3.03. The van der Waals surface area contributed by atoms with E-state index in [0.29, 0.717) is 22.6 Å². The van der Waals surface area contributed by atoms with E-state index in [1.165, 1.54) is 6.21 Å². The summed E-state index contributed by atoms with van der Waals surface area (Å²) in [7, 11) is 1.57. The van der Waals surface area contributed by atoms with Crippen LogP contribution in [0.2, 0.25) is 0 Å². The van der Waals surface area contributed by atoms with Crippen LogP contribution in [-0.2, 0) is 6.61 Å². The van der Waals surface area contributed by atoms with E-state index in [1.54, 1.807) is 13.2 Å². The number of anilines is 1. The van der Waals surface area contributed by atoms with Gasteiger partial charge in [-0.3, -0.25) is 0 Å². The third-order valence-corrected chi connectivity index (χ3v) is 4.60. The summed E-state index contributed by atoms with van der Waals surface area (Å²) in [5.41, 5.74) is 14.4. The third kappa shape index (κ3) is 4.91. The predicted octanol–water partition coefficient (Wildman–Crippen LogP) is 3.05. The molecule has 10 heteroatoms. The molecule has 0 saturated heterocycles. The highest BCUT2D eigenvalue weighted by Crippen LogP contribution is 2.37. The summed E-state index contributed by atoms with van der Waals surface area (Å²) in [6.45, 7) is 2.46. The number of rotatable bonds is 7. The highest BCUT2D eigenvalue weighted by Gasteiger charge is 2.13. The van der Waals surface area contributed by atoms with Gasteiger partial charge in [0.2, 0.25) is 0 Å². The first kappa shape index (κ1) is 20.3. The van der Waals surface area contributed by atoms with Crippen LogP contribution in [0.3, 0.4) is 0 Å². The molecule has 0 saturated carbocycles. The Labute approximate surface area is 175 Å². The molecule has 29 heavy (non-hydrogen) atoms. The van der Waals surface area contributed by atoms with Crippen LogP contribution in [-0.4, -0.2) is 29.5 Å². The molecule has 3 rings (SSSR count). The first-order valence-corrected chi connectivity index (χ1v) is 9.28. The molecule has 2 aromatic carbocycles. The molecule has 1 heterocycles. The largest absolute Gasteiger partial charge is 0.493 e. The van der Waals surface area contributed by atoms with E-state index in [-0.39, 0.29) is 17.3 Å². The molecule has 0 radical (unpaired) electrons. The van der Waals surface area contributed by atoms with E-state index in [9.17, 15) is 0 Å². The topological polar surface area (TPSA) is 134 Å². The second-order valence-corrected chi connectivity index (χ2v) is 6.83. The maximum Gasteiger partial charge on any atom is 0.199 e. The molecule has 0 atom stereocenters.